The highest BCUT2D eigenvalue weighted by molar-refractivity contribution is 7.89. The lowest BCUT2D eigenvalue weighted by atomic mass is 10.2. The van der Waals surface area contributed by atoms with Crippen LogP contribution in [0.5, 0.6) is 11.5 Å². The molecule has 0 saturated carbocycles. The molecular weight excluding hydrogens is 460 g/mol. The van der Waals surface area contributed by atoms with E-state index in [1.165, 1.54) is 16.4 Å². The van der Waals surface area contributed by atoms with Crippen LogP contribution in [0.3, 0.4) is 0 Å². The zero-order valence-electron chi connectivity index (χ0n) is 19.2. The largest absolute Gasteiger partial charge is 0.494 e. The minimum absolute atomic E-state index is 0.0238. The smallest absolute Gasteiger partial charge is 0.309 e. The number of nitrogens with one attached hydrogen (secondary N) is 1. The Hall–Kier alpha value is -3.11. The van der Waals surface area contributed by atoms with E-state index < -0.39 is 28.5 Å². The summed E-state index contributed by atoms with van der Waals surface area (Å²) in [6.45, 7) is 3.08. The quantitative estimate of drug-likeness (QED) is 0.482. The maximum atomic E-state index is 12.8. The monoisotopic (exact) mass is 490 g/mol. The zero-order chi connectivity index (χ0) is 24.4. The molecule has 0 spiro atoms. The molecule has 1 aliphatic rings. The number of carbonyl (C=O) groups is 2. The topological polar surface area (TPSA) is 111 Å². The second-order valence-corrected chi connectivity index (χ2v) is 9.64. The van der Waals surface area contributed by atoms with Gasteiger partial charge in [-0.15, -0.1) is 0 Å². The Kier molecular flexibility index (Phi) is 9.29. The fourth-order valence-electron chi connectivity index (χ4n) is 3.45. The average Bonchev–Trinajstić information content (AvgIpc) is 2.85. The highest BCUT2D eigenvalue weighted by Gasteiger charge is 2.26. The van der Waals surface area contributed by atoms with Crippen molar-refractivity contribution in [2.24, 2.45) is 0 Å². The van der Waals surface area contributed by atoms with E-state index in [-0.39, 0.29) is 17.9 Å². The molecule has 184 valence electrons. The highest BCUT2D eigenvalue weighted by atomic mass is 32.2. The van der Waals surface area contributed by atoms with E-state index in [1.807, 2.05) is 6.92 Å². The van der Waals surface area contributed by atoms with Gasteiger partial charge in [0.2, 0.25) is 10.0 Å². The van der Waals surface area contributed by atoms with Gasteiger partial charge in [-0.3, -0.25) is 9.59 Å². The Morgan fingerprint density at radius 1 is 0.971 bits per heavy atom. The molecular formula is C24H30N2O7S. The Labute approximate surface area is 200 Å². The molecule has 0 aliphatic carbocycles. The van der Waals surface area contributed by atoms with Gasteiger partial charge in [-0.25, -0.2) is 8.42 Å². The van der Waals surface area contributed by atoms with Crippen molar-refractivity contribution in [1.82, 2.24) is 4.31 Å². The first-order valence-electron chi connectivity index (χ1n) is 11.3. The van der Waals surface area contributed by atoms with E-state index in [1.54, 1.807) is 36.4 Å². The predicted octanol–water partition coefficient (Wildman–Crippen LogP) is 3.21. The van der Waals surface area contributed by atoms with Crippen LogP contribution in [0.1, 0.15) is 32.6 Å². The lowest BCUT2D eigenvalue weighted by Crippen LogP contribution is -2.35. The van der Waals surface area contributed by atoms with Crippen LogP contribution >= 0.6 is 0 Å². The molecule has 0 radical (unpaired) electrons. The molecule has 10 heteroatoms. The number of rotatable bonds is 11. The van der Waals surface area contributed by atoms with Crippen LogP contribution < -0.4 is 14.8 Å². The van der Waals surface area contributed by atoms with Crippen molar-refractivity contribution in [2.45, 2.75) is 37.5 Å². The molecule has 9 nitrogen and oxygen atoms in total. The van der Waals surface area contributed by atoms with Crippen LogP contribution in [0.2, 0.25) is 0 Å². The number of piperidine rings is 1. The highest BCUT2D eigenvalue weighted by Crippen LogP contribution is 2.23. The van der Waals surface area contributed by atoms with Gasteiger partial charge in [-0.1, -0.05) is 12.5 Å². The molecule has 1 saturated heterocycles. The van der Waals surface area contributed by atoms with E-state index in [0.29, 0.717) is 31.1 Å². The number of sulfonamides is 1. The van der Waals surface area contributed by atoms with E-state index in [2.05, 4.69) is 5.32 Å². The summed E-state index contributed by atoms with van der Waals surface area (Å²) in [5.41, 5.74) is 0.318. The van der Waals surface area contributed by atoms with E-state index in [0.717, 1.165) is 25.0 Å². The Morgan fingerprint density at radius 2 is 1.65 bits per heavy atom. The molecule has 1 N–H and O–H groups in total. The molecule has 0 atom stereocenters. The van der Waals surface area contributed by atoms with Gasteiger partial charge in [0, 0.05) is 18.8 Å². The van der Waals surface area contributed by atoms with Crippen molar-refractivity contribution >= 4 is 27.6 Å². The van der Waals surface area contributed by atoms with Crippen molar-refractivity contribution in [3.05, 3.63) is 48.5 Å². The van der Waals surface area contributed by atoms with E-state index >= 15 is 0 Å². The van der Waals surface area contributed by atoms with Gasteiger partial charge in [0.1, 0.15) is 11.5 Å². The molecule has 1 aliphatic heterocycles. The van der Waals surface area contributed by atoms with Gasteiger partial charge >= 0.3 is 5.97 Å². The van der Waals surface area contributed by atoms with E-state index in [9.17, 15) is 18.0 Å². The first kappa shape index (κ1) is 25.5. The van der Waals surface area contributed by atoms with Crippen molar-refractivity contribution in [1.29, 1.82) is 0 Å². The number of hydrogen-bond acceptors (Lipinski definition) is 7. The van der Waals surface area contributed by atoms with Crippen LogP contribution in [-0.4, -0.2) is 57.5 Å². The third-order valence-corrected chi connectivity index (χ3v) is 7.04. The van der Waals surface area contributed by atoms with Crippen molar-refractivity contribution in [3.63, 3.8) is 0 Å². The lowest BCUT2D eigenvalue weighted by molar-refractivity contribution is -0.147. The standard InChI is InChI=1S/C24H30N2O7S/c1-2-31-20-9-11-21(12-10-20)32-16-13-24(28)33-18-23(27)25-19-7-6-8-22(17-19)34(29,30)26-14-4-3-5-15-26/h6-12,17H,2-5,13-16,18H2,1H3,(H,25,27). The predicted molar refractivity (Wildman–Crippen MR) is 126 cm³/mol. The molecule has 0 aromatic heterocycles. The van der Waals surface area contributed by atoms with Crippen molar-refractivity contribution in [2.75, 3.05) is 38.2 Å². The fraction of sp³-hybridized carbons (Fsp3) is 0.417. The summed E-state index contributed by atoms with van der Waals surface area (Å²) in [6, 6.07) is 13.1. The summed E-state index contributed by atoms with van der Waals surface area (Å²) in [5, 5.41) is 2.57. The van der Waals surface area contributed by atoms with Gasteiger partial charge in [-0.2, -0.15) is 4.31 Å². The average molecular weight is 491 g/mol. The number of nitrogens with zero attached hydrogens (tertiary/aromatic N) is 1. The van der Waals surface area contributed by atoms with Crippen molar-refractivity contribution in [3.8, 4) is 11.5 Å². The molecule has 0 bridgehead atoms. The number of hydrogen-bond donors (Lipinski definition) is 1. The SMILES string of the molecule is CCOc1ccc(OCCC(=O)OCC(=O)Nc2cccc(S(=O)(=O)N3CCCCC3)c2)cc1. The van der Waals surface area contributed by atoms with Gasteiger partial charge in [0.05, 0.1) is 24.5 Å². The van der Waals surface area contributed by atoms with Crippen LogP contribution in [0, 0.1) is 0 Å². The maximum Gasteiger partial charge on any atom is 0.309 e. The molecule has 34 heavy (non-hydrogen) atoms. The van der Waals surface area contributed by atoms with Gasteiger partial charge in [0.25, 0.3) is 5.91 Å². The van der Waals surface area contributed by atoms with Gasteiger partial charge < -0.3 is 19.5 Å². The van der Waals surface area contributed by atoms with Gasteiger partial charge in [-0.05, 0) is 62.2 Å². The van der Waals surface area contributed by atoms with Crippen LogP contribution in [0.4, 0.5) is 5.69 Å². The summed E-state index contributed by atoms with van der Waals surface area (Å²) >= 11 is 0. The first-order chi connectivity index (χ1) is 16.4. The lowest BCUT2D eigenvalue weighted by Gasteiger charge is -2.26. The summed E-state index contributed by atoms with van der Waals surface area (Å²) in [6.07, 6.45) is 2.68. The zero-order valence-corrected chi connectivity index (χ0v) is 20.0. The van der Waals surface area contributed by atoms with Crippen molar-refractivity contribution < 1.29 is 32.2 Å². The second-order valence-electron chi connectivity index (χ2n) is 7.70. The van der Waals surface area contributed by atoms with E-state index in [4.69, 9.17) is 14.2 Å². The summed E-state index contributed by atoms with van der Waals surface area (Å²) < 4.78 is 42.9. The first-order valence-corrected chi connectivity index (χ1v) is 12.7. The molecule has 3 rings (SSSR count). The minimum Gasteiger partial charge on any atom is -0.494 e. The number of ether oxygens (including phenoxy) is 3. The van der Waals surface area contributed by atoms with Crippen LogP contribution in [0.15, 0.2) is 53.4 Å². The fourth-order valence-corrected chi connectivity index (χ4v) is 5.02. The second kappa shape index (κ2) is 12.4. The summed E-state index contributed by atoms with van der Waals surface area (Å²) in [4.78, 5) is 24.2. The number of anilines is 1. The number of benzene rings is 2. The summed E-state index contributed by atoms with van der Waals surface area (Å²) in [7, 11) is -3.61. The molecule has 1 heterocycles. The third-order valence-electron chi connectivity index (χ3n) is 5.14. The van der Waals surface area contributed by atoms with Gasteiger partial charge in [0.15, 0.2) is 6.61 Å². The van der Waals surface area contributed by atoms with Crippen LogP contribution in [0.25, 0.3) is 0 Å². The Balaban J connectivity index is 1.42. The summed E-state index contributed by atoms with van der Waals surface area (Å²) in [5.74, 6) is 0.180. The molecule has 2 aromatic carbocycles. The Morgan fingerprint density at radius 3 is 2.32 bits per heavy atom. The molecule has 0 unspecified atom stereocenters. The normalized spacial score (nSPS) is 14.3. The minimum atomic E-state index is -3.61. The third kappa shape index (κ3) is 7.46. The number of amides is 1. The Bertz CT molecular complexity index is 1060. The van der Waals surface area contributed by atoms with Crippen LogP contribution in [-0.2, 0) is 24.3 Å². The number of carbonyl (C=O) groups excluding carboxylic acids is 2. The number of esters is 1. The maximum absolute atomic E-state index is 12.8. The molecule has 1 amide bonds. The molecule has 1 fully saturated rings. The molecule has 2 aromatic rings.